The number of hydrogen-bond donors (Lipinski definition) is 3. The van der Waals surface area contributed by atoms with Crippen molar-refractivity contribution in [3.05, 3.63) is 0 Å². The molecule has 0 aromatic heterocycles. The summed E-state index contributed by atoms with van der Waals surface area (Å²) in [6.07, 6.45) is 2.59. The van der Waals surface area contributed by atoms with Crippen LogP contribution in [0.15, 0.2) is 0 Å². The first-order chi connectivity index (χ1) is 4.93. The Morgan fingerprint density at radius 3 is 3.10 bits per heavy atom. The van der Waals surface area contributed by atoms with E-state index in [0.29, 0.717) is 6.04 Å². The van der Waals surface area contributed by atoms with Gasteiger partial charge in [-0.15, -0.1) is 0 Å². The molecule has 3 nitrogen and oxygen atoms in total. The highest BCUT2D eigenvalue weighted by molar-refractivity contribution is 4.74. The summed E-state index contributed by atoms with van der Waals surface area (Å²) in [6.45, 7) is 3.99. The third-order valence-corrected chi connectivity index (χ3v) is 1.87. The van der Waals surface area contributed by atoms with Crippen LogP contribution in [0.25, 0.3) is 0 Å². The van der Waals surface area contributed by atoms with Crippen molar-refractivity contribution in [1.29, 1.82) is 0 Å². The lowest BCUT2D eigenvalue weighted by molar-refractivity contribution is 0.394. The molecule has 1 aliphatic rings. The molecule has 10 heavy (non-hydrogen) atoms. The number of nitrogens with one attached hydrogen (secondary N) is 2. The van der Waals surface area contributed by atoms with Gasteiger partial charge in [-0.3, -0.25) is 0 Å². The molecule has 1 atom stereocenters. The van der Waals surface area contributed by atoms with Gasteiger partial charge in [0.15, 0.2) is 0 Å². The predicted molar refractivity (Wildman–Crippen MR) is 42.9 cm³/mol. The second-order valence-electron chi connectivity index (χ2n) is 2.79. The molecule has 0 radical (unpaired) electrons. The van der Waals surface area contributed by atoms with Crippen LogP contribution in [0.2, 0.25) is 0 Å². The smallest absolute Gasteiger partial charge is 0.0193 e. The minimum atomic E-state index is 0.664. The van der Waals surface area contributed by atoms with Crippen molar-refractivity contribution in [3.8, 4) is 0 Å². The maximum atomic E-state index is 5.36. The lowest BCUT2D eigenvalue weighted by atomic mass is 10.1. The number of rotatable bonds is 3. The second-order valence-corrected chi connectivity index (χ2v) is 2.79. The molecular weight excluding hydrogens is 126 g/mol. The van der Waals surface area contributed by atoms with Crippen LogP contribution >= 0.6 is 0 Å². The summed E-state index contributed by atoms with van der Waals surface area (Å²) in [7, 11) is 0. The Bertz CT molecular complexity index is 78.9. The summed E-state index contributed by atoms with van der Waals surface area (Å²) >= 11 is 0. The van der Waals surface area contributed by atoms with E-state index in [9.17, 15) is 0 Å². The van der Waals surface area contributed by atoms with E-state index in [1.165, 1.54) is 19.4 Å². The Balaban J connectivity index is 2.02. The van der Waals surface area contributed by atoms with E-state index in [1.54, 1.807) is 0 Å². The van der Waals surface area contributed by atoms with E-state index < -0.39 is 0 Å². The molecular formula is C7H17N3. The van der Waals surface area contributed by atoms with Gasteiger partial charge in [-0.2, -0.15) is 0 Å². The maximum absolute atomic E-state index is 5.36. The highest BCUT2D eigenvalue weighted by Crippen LogP contribution is 1.99. The SMILES string of the molecule is NCCN[C@H]1CCCNC1. The van der Waals surface area contributed by atoms with E-state index in [-0.39, 0.29) is 0 Å². The van der Waals surface area contributed by atoms with Gasteiger partial charge in [0.25, 0.3) is 0 Å². The third kappa shape index (κ3) is 2.64. The van der Waals surface area contributed by atoms with Crippen LogP contribution in [0, 0.1) is 0 Å². The summed E-state index contributed by atoms with van der Waals surface area (Å²) in [4.78, 5) is 0. The number of nitrogens with two attached hydrogens (primary N) is 1. The highest BCUT2D eigenvalue weighted by Gasteiger charge is 2.10. The summed E-state index contributed by atoms with van der Waals surface area (Å²) in [6, 6.07) is 0.664. The van der Waals surface area contributed by atoms with Gasteiger partial charge < -0.3 is 16.4 Å². The minimum absolute atomic E-state index is 0.664. The number of piperidine rings is 1. The fourth-order valence-corrected chi connectivity index (χ4v) is 1.31. The Morgan fingerprint density at radius 2 is 2.50 bits per heavy atom. The van der Waals surface area contributed by atoms with Crippen LogP contribution in [0.3, 0.4) is 0 Å². The van der Waals surface area contributed by atoms with Crippen LogP contribution in [0.5, 0.6) is 0 Å². The Morgan fingerprint density at radius 1 is 1.60 bits per heavy atom. The highest BCUT2D eigenvalue weighted by atomic mass is 15.0. The van der Waals surface area contributed by atoms with Crippen molar-refractivity contribution in [1.82, 2.24) is 10.6 Å². The molecule has 60 valence electrons. The average molecular weight is 143 g/mol. The molecule has 1 fully saturated rings. The van der Waals surface area contributed by atoms with Crippen molar-refractivity contribution in [2.24, 2.45) is 5.73 Å². The van der Waals surface area contributed by atoms with Crippen molar-refractivity contribution in [2.45, 2.75) is 18.9 Å². The van der Waals surface area contributed by atoms with Crippen molar-refractivity contribution >= 4 is 0 Å². The zero-order valence-electron chi connectivity index (χ0n) is 6.40. The quantitative estimate of drug-likeness (QED) is 0.489. The molecule has 0 amide bonds. The normalized spacial score (nSPS) is 26.7. The van der Waals surface area contributed by atoms with Crippen molar-refractivity contribution in [3.63, 3.8) is 0 Å². The van der Waals surface area contributed by atoms with E-state index >= 15 is 0 Å². The molecule has 1 saturated heterocycles. The molecule has 1 aliphatic heterocycles. The summed E-state index contributed by atoms with van der Waals surface area (Å²) in [5.74, 6) is 0. The molecule has 4 N–H and O–H groups in total. The van der Waals surface area contributed by atoms with E-state index in [2.05, 4.69) is 10.6 Å². The molecule has 0 aromatic carbocycles. The van der Waals surface area contributed by atoms with Gasteiger partial charge in [0.1, 0.15) is 0 Å². The van der Waals surface area contributed by atoms with Gasteiger partial charge in [-0.05, 0) is 19.4 Å². The maximum Gasteiger partial charge on any atom is 0.0193 e. The van der Waals surface area contributed by atoms with Crippen LogP contribution in [0.4, 0.5) is 0 Å². The Hall–Kier alpha value is -0.120. The van der Waals surface area contributed by atoms with Crippen LogP contribution in [0.1, 0.15) is 12.8 Å². The Labute approximate surface area is 62.4 Å². The van der Waals surface area contributed by atoms with Crippen molar-refractivity contribution in [2.75, 3.05) is 26.2 Å². The molecule has 3 heteroatoms. The summed E-state index contributed by atoms with van der Waals surface area (Å²) < 4.78 is 0. The standard InChI is InChI=1S/C7H17N3/c8-3-5-10-7-2-1-4-9-6-7/h7,9-10H,1-6,8H2/t7-/m0/s1. The number of hydrogen-bond acceptors (Lipinski definition) is 3. The molecule has 0 saturated carbocycles. The zero-order chi connectivity index (χ0) is 7.23. The minimum Gasteiger partial charge on any atom is -0.329 e. The van der Waals surface area contributed by atoms with E-state index in [0.717, 1.165) is 19.6 Å². The first-order valence-corrected chi connectivity index (χ1v) is 4.07. The van der Waals surface area contributed by atoms with Crippen LogP contribution in [-0.2, 0) is 0 Å². The zero-order valence-corrected chi connectivity index (χ0v) is 6.40. The lowest BCUT2D eigenvalue weighted by Crippen LogP contribution is -2.44. The summed E-state index contributed by atoms with van der Waals surface area (Å²) in [5.41, 5.74) is 5.36. The Kier molecular flexibility index (Phi) is 3.72. The predicted octanol–water partition coefficient (Wildman–Crippen LogP) is -0.713. The largest absolute Gasteiger partial charge is 0.329 e. The van der Waals surface area contributed by atoms with Gasteiger partial charge in [-0.1, -0.05) is 0 Å². The molecule has 0 aliphatic carbocycles. The van der Waals surface area contributed by atoms with Gasteiger partial charge in [0, 0.05) is 25.7 Å². The second kappa shape index (κ2) is 4.66. The fourth-order valence-electron chi connectivity index (χ4n) is 1.31. The van der Waals surface area contributed by atoms with Crippen LogP contribution in [-0.4, -0.2) is 32.2 Å². The molecule has 0 unspecified atom stereocenters. The molecule has 0 spiro atoms. The average Bonchev–Trinajstić information content (AvgIpc) is 2.03. The molecule has 0 bridgehead atoms. The van der Waals surface area contributed by atoms with Gasteiger partial charge in [0.05, 0.1) is 0 Å². The fraction of sp³-hybridized carbons (Fsp3) is 1.00. The first-order valence-electron chi connectivity index (χ1n) is 4.07. The van der Waals surface area contributed by atoms with Gasteiger partial charge >= 0.3 is 0 Å². The molecule has 0 aromatic rings. The third-order valence-electron chi connectivity index (χ3n) is 1.87. The van der Waals surface area contributed by atoms with Gasteiger partial charge in [0.2, 0.25) is 0 Å². The first kappa shape index (κ1) is 7.98. The van der Waals surface area contributed by atoms with Gasteiger partial charge in [-0.25, -0.2) is 0 Å². The lowest BCUT2D eigenvalue weighted by Gasteiger charge is -2.23. The van der Waals surface area contributed by atoms with E-state index in [1.807, 2.05) is 0 Å². The van der Waals surface area contributed by atoms with Crippen LogP contribution < -0.4 is 16.4 Å². The molecule has 1 heterocycles. The topological polar surface area (TPSA) is 50.1 Å². The summed E-state index contributed by atoms with van der Waals surface area (Å²) in [5, 5.41) is 6.72. The molecule has 1 rings (SSSR count). The monoisotopic (exact) mass is 143 g/mol. The van der Waals surface area contributed by atoms with E-state index in [4.69, 9.17) is 5.73 Å². The van der Waals surface area contributed by atoms with Crippen molar-refractivity contribution < 1.29 is 0 Å².